The van der Waals surface area contributed by atoms with Crippen LogP contribution in [-0.4, -0.2) is 58.0 Å². The minimum absolute atomic E-state index is 0.00381. The van der Waals surface area contributed by atoms with Gasteiger partial charge in [-0.1, -0.05) is 22.2 Å². The maximum absolute atomic E-state index is 12.7. The molecule has 0 saturated carbocycles. The zero-order chi connectivity index (χ0) is 24.0. The Hall–Kier alpha value is -2.41. The lowest BCUT2D eigenvalue weighted by atomic mass is 9.95. The number of anilines is 1. The molecule has 0 radical (unpaired) electrons. The molecule has 5 rings (SSSR count). The number of hydrogen-bond acceptors (Lipinski definition) is 8. The molecule has 0 bridgehead atoms. The van der Waals surface area contributed by atoms with Crippen LogP contribution in [0.1, 0.15) is 28.3 Å². The van der Waals surface area contributed by atoms with Crippen LogP contribution < -0.4 is 10.6 Å². The van der Waals surface area contributed by atoms with E-state index in [1.165, 1.54) is 18.6 Å². The van der Waals surface area contributed by atoms with E-state index in [2.05, 4.69) is 25.2 Å². The van der Waals surface area contributed by atoms with Gasteiger partial charge in [-0.05, 0) is 41.4 Å². The van der Waals surface area contributed by atoms with Crippen molar-refractivity contribution in [1.82, 2.24) is 19.8 Å². The van der Waals surface area contributed by atoms with Crippen molar-refractivity contribution in [2.45, 2.75) is 28.8 Å². The molecule has 2 unspecified atom stereocenters. The number of thioether (sulfide) groups is 1. The van der Waals surface area contributed by atoms with Crippen molar-refractivity contribution in [2.75, 3.05) is 25.6 Å². The number of amidine groups is 1. The molecule has 0 spiro atoms. The molecule has 0 saturated heterocycles. The molecule has 0 fully saturated rings. The van der Waals surface area contributed by atoms with Crippen molar-refractivity contribution in [3.63, 3.8) is 0 Å². The summed E-state index contributed by atoms with van der Waals surface area (Å²) in [7, 11) is 1.38. The summed E-state index contributed by atoms with van der Waals surface area (Å²) in [5.41, 5.74) is 2.77. The van der Waals surface area contributed by atoms with Crippen molar-refractivity contribution in [2.24, 2.45) is 4.99 Å². The molecule has 2 aliphatic heterocycles. The molecule has 2 N–H and O–H groups in total. The Labute approximate surface area is 205 Å². The summed E-state index contributed by atoms with van der Waals surface area (Å²) >= 11 is 9.29. The second-order valence-corrected chi connectivity index (χ2v) is 10.3. The van der Waals surface area contributed by atoms with Crippen molar-refractivity contribution in [3.05, 3.63) is 46.5 Å². The Morgan fingerprint density at radius 3 is 2.94 bits per heavy atom. The molecular weight excluding hydrogens is 509 g/mol. The quantitative estimate of drug-likeness (QED) is 0.500. The third-order valence-corrected chi connectivity index (χ3v) is 7.97. The van der Waals surface area contributed by atoms with Gasteiger partial charge in [-0.3, -0.25) is 15.1 Å². The minimum Gasteiger partial charge on any atom is -0.342 e. The molecule has 13 heteroatoms. The number of fused-ring (bicyclic) bond motifs is 4. The van der Waals surface area contributed by atoms with Crippen LogP contribution in [0.25, 0.3) is 10.2 Å². The zero-order valence-electron chi connectivity index (χ0n) is 17.7. The number of alkyl halides is 3. The average molecular weight is 527 g/mol. The van der Waals surface area contributed by atoms with Gasteiger partial charge in [0, 0.05) is 24.1 Å². The van der Waals surface area contributed by atoms with Gasteiger partial charge in [0.2, 0.25) is 0 Å². The van der Waals surface area contributed by atoms with E-state index in [4.69, 9.17) is 11.6 Å². The van der Waals surface area contributed by atoms with Crippen molar-refractivity contribution >= 4 is 62.5 Å². The highest BCUT2D eigenvalue weighted by molar-refractivity contribution is 8.00. The lowest BCUT2D eigenvalue weighted by Gasteiger charge is -2.27. The smallest absolute Gasteiger partial charge is 0.342 e. The summed E-state index contributed by atoms with van der Waals surface area (Å²) in [5, 5.41) is 11.3. The fourth-order valence-corrected chi connectivity index (χ4v) is 6.09. The van der Waals surface area contributed by atoms with E-state index in [-0.39, 0.29) is 17.8 Å². The maximum Gasteiger partial charge on any atom is 0.390 e. The van der Waals surface area contributed by atoms with E-state index >= 15 is 0 Å². The van der Waals surface area contributed by atoms with Crippen molar-refractivity contribution in [3.8, 4) is 0 Å². The van der Waals surface area contributed by atoms with Crippen LogP contribution in [0.15, 0.2) is 40.2 Å². The molecule has 2 aliphatic rings. The number of aliphatic imine (C=N–C) groups is 1. The van der Waals surface area contributed by atoms with Crippen LogP contribution in [0, 0.1) is 0 Å². The second kappa shape index (κ2) is 8.99. The molecule has 1 amide bonds. The van der Waals surface area contributed by atoms with Gasteiger partial charge in [0.15, 0.2) is 0 Å². The Bertz CT molecular complexity index is 1300. The third-order valence-electron chi connectivity index (χ3n) is 5.67. The Kier molecular flexibility index (Phi) is 6.17. The SMILES string of the molecule is CN(CCC(F)(F)F)C(=O)c1ccc2c(c1)SC1NCN=C(Nc3cc4snnc4cc3Cl)C21. The standard InChI is InChI=1S/C21H18ClF3N6OS2/c1-31(5-4-21(23,24)25)20(32)10-2-3-11-15(6-10)33-19-17(11)18(26-9-27-19)28-13-8-16-14(7-12(13)22)29-30-34-16/h2-3,6-8,17,19,27H,4-5,9H2,1H3,(H,26,28). The number of benzene rings is 2. The fraction of sp³-hybridized carbons (Fsp3) is 0.333. The molecule has 3 aromatic rings. The first-order valence-electron chi connectivity index (χ1n) is 10.3. The monoisotopic (exact) mass is 526 g/mol. The topological polar surface area (TPSA) is 82.5 Å². The number of nitrogens with zero attached hydrogens (tertiary/aromatic N) is 4. The minimum atomic E-state index is -4.31. The number of amides is 1. The number of carbonyl (C=O) groups is 1. The highest BCUT2D eigenvalue weighted by Gasteiger charge is 2.39. The first-order chi connectivity index (χ1) is 16.2. The summed E-state index contributed by atoms with van der Waals surface area (Å²) in [6, 6.07) is 8.89. The van der Waals surface area contributed by atoms with Crippen LogP contribution in [0.4, 0.5) is 18.9 Å². The number of nitrogens with one attached hydrogen (secondary N) is 2. The lowest BCUT2D eigenvalue weighted by Crippen LogP contribution is -2.41. The molecule has 178 valence electrons. The first-order valence-corrected chi connectivity index (χ1v) is 12.3. The van der Waals surface area contributed by atoms with Crippen LogP contribution in [0.2, 0.25) is 5.02 Å². The number of rotatable bonds is 4. The molecule has 2 aromatic carbocycles. The molecule has 2 atom stereocenters. The van der Waals surface area contributed by atoms with E-state index in [1.54, 1.807) is 30.0 Å². The number of carbonyl (C=O) groups excluding carboxylic acids is 1. The normalized spacial score (nSPS) is 19.5. The Morgan fingerprint density at radius 1 is 1.32 bits per heavy atom. The van der Waals surface area contributed by atoms with E-state index in [9.17, 15) is 18.0 Å². The van der Waals surface area contributed by atoms with Crippen molar-refractivity contribution in [1.29, 1.82) is 0 Å². The highest BCUT2D eigenvalue weighted by atomic mass is 35.5. The summed E-state index contributed by atoms with van der Waals surface area (Å²) in [6.07, 6.45) is -5.35. The number of hydrogen-bond donors (Lipinski definition) is 2. The Morgan fingerprint density at radius 2 is 2.15 bits per heavy atom. The molecule has 34 heavy (non-hydrogen) atoms. The summed E-state index contributed by atoms with van der Waals surface area (Å²) < 4.78 is 42.4. The summed E-state index contributed by atoms with van der Waals surface area (Å²) in [5.74, 6) is 0.197. The first kappa shape index (κ1) is 23.3. The molecule has 3 heterocycles. The van der Waals surface area contributed by atoms with E-state index in [0.717, 1.165) is 31.4 Å². The van der Waals surface area contributed by atoms with Crippen LogP contribution in [0.5, 0.6) is 0 Å². The summed E-state index contributed by atoms with van der Waals surface area (Å²) in [6.45, 7) is 0.0267. The lowest BCUT2D eigenvalue weighted by molar-refractivity contribution is -0.136. The van der Waals surface area contributed by atoms with Gasteiger partial charge in [-0.25, -0.2) is 0 Å². The van der Waals surface area contributed by atoms with Gasteiger partial charge in [0.1, 0.15) is 11.4 Å². The second-order valence-electron chi connectivity index (χ2n) is 7.96. The van der Waals surface area contributed by atoms with Gasteiger partial charge in [-0.15, -0.1) is 16.9 Å². The average Bonchev–Trinajstić information content (AvgIpc) is 3.40. The van der Waals surface area contributed by atoms with Crippen LogP contribution >= 0.6 is 34.9 Å². The van der Waals surface area contributed by atoms with Gasteiger partial charge in [0.25, 0.3) is 5.91 Å². The number of halogens is 4. The van der Waals surface area contributed by atoms with E-state index in [0.29, 0.717) is 22.9 Å². The molecular formula is C21H18ClF3N6OS2. The van der Waals surface area contributed by atoms with Crippen LogP contribution in [0.3, 0.4) is 0 Å². The van der Waals surface area contributed by atoms with Crippen molar-refractivity contribution < 1.29 is 18.0 Å². The van der Waals surface area contributed by atoms with Gasteiger partial charge < -0.3 is 10.2 Å². The van der Waals surface area contributed by atoms with Crippen LogP contribution in [-0.2, 0) is 0 Å². The number of aromatic nitrogens is 2. The fourth-order valence-electron chi connectivity index (χ4n) is 3.93. The largest absolute Gasteiger partial charge is 0.390 e. The zero-order valence-corrected chi connectivity index (χ0v) is 20.1. The van der Waals surface area contributed by atoms with E-state index < -0.39 is 18.5 Å². The predicted octanol–water partition coefficient (Wildman–Crippen LogP) is 4.96. The van der Waals surface area contributed by atoms with Gasteiger partial charge in [-0.2, -0.15) is 13.2 Å². The molecule has 7 nitrogen and oxygen atoms in total. The van der Waals surface area contributed by atoms with E-state index in [1.807, 2.05) is 12.1 Å². The Balaban J connectivity index is 1.37. The molecule has 1 aromatic heterocycles. The predicted molar refractivity (Wildman–Crippen MR) is 128 cm³/mol. The highest BCUT2D eigenvalue weighted by Crippen LogP contribution is 2.47. The third kappa shape index (κ3) is 4.59. The van der Waals surface area contributed by atoms with Gasteiger partial charge >= 0.3 is 6.18 Å². The van der Waals surface area contributed by atoms with Gasteiger partial charge in [0.05, 0.1) is 39.8 Å². The maximum atomic E-state index is 12.7. The molecule has 0 aliphatic carbocycles. The summed E-state index contributed by atoms with van der Waals surface area (Å²) in [4.78, 5) is 19.3.